The Kier molecular flexibility index (Phi) is 3.26. The standard InChI is InChI=1S/C11H15N5O5/c12-8-6-9(14-3-13-8)16(4-15-6)10-11(20,2-18)7(19)5(1-17)21-10/h3-5,7,10,17-20H,1-2H2,(H2,12,13,14)/t5-,7-,10-,11-/m1/s1. The number of imidazole rings is 1. The van der Waals surface area contributed by atoms with Crippen LogP contribution in [-0.2, 0) is 4.74 Å². The molecule has 0 amide bonds. The molecule has 0 bridgehead atoms. The van der Waals surface area contributed by atoms with Crippen LogP contribution >= 0.6 is 0 Å². The summed E-state index contributed by atoms with van der Waals surface area (Å²) in [6.45, 7) is -1.28. The van der Waals surface area contributed by atoms with Gasteiger partial charge in [0.25, 0.3) is 0 Å². The fraction of sp³-hybridized carbons (Fsp3) is 0.545. The van der Waals surface area contributed by atoms with E-state index in [0.29, 0.717) is 5.52 Å². The minimum absolute atomic E-state index is 0.156. The minimum atomic E-state index is -2.00. The van der Waals surface area contributed by atoms with Gasteiger partial charge in [-0.05, 0) is 0 Å². The van der Waals surface area contributed by atoms with Crippen LogP contribution in [0.2, 0.25) is 0 Å². The Hall–Kier alpha value is -1.85. The first-order chi connectivity index (χ1) is 10.0. The molecule has 1 fully saturated rings. The third kappa shape index (κ3) is 1.88. The number of aromatic nitrogens is 4. The lowest BCUT2D eigenvalue weighted by Crippen LogP contribution is -2.50. The zero-order valence-electron chi connectivity index (χ0n) is 10.9. The van der Waals surface area contributed by atoms with Gasteiger partial charge in [-0.3, -0.25) is 4.57 Å². The van der Waals surface area contributed by atoms with Gasteiger partial charge < -0.3 is 30.9 Å². The van der Waals surface area contributed by atoms with E-state index in [-0.39, 0.29) is 11.5 Å². The highest BCUT2D eigenvalue weighted by Crippen LogP contribution is 2.39. The van der Waals surface area contributed by atoms with Crippen LogP contribution in [0, 0.1) is 0 Å². The van der Waals surface area contributed by atoms with Gasteiger partial charge in [0.1, 0.15) is 24.1 Å². The molecule has 3 rings (SSSR count). The fourth-order valence-electron chi connectivity index (χ4n) is 2.49. The minimum Gasteiger partial charge on any atom is -0.394 e. The van der Waals surface area contributed by atoms with Crippen LogP contribution in [0.15, 0.2) is 12.7 Å². The lowest BCUT2D eigenvalue weighted by molar-refractivity contribution is -0.132. The number of nitrogen functional groups attached to an aromatic ring is 1. The van der Waals surface area contributed by atoms with Crippen molar-refractivity contribution in [3.05, 3.63) is 12.7 Å². The van der Waals surface area contributed by atoms with Crippen molar-refractivity contribution in [3.8, 4) is 0 Å². The zero-order valence-corrected chi connectivity index (χ0v) is 10.9. The van der Waals surface area contributed by atoms with Crippen LogP contribution in [0.4, 0.5) is 5.82 Å². The molecular weight excluding hydrogens is 282 g/mol. The predicted octanol–water partition coefficient (Wildman–Crippen LogP) is -2.62. The Labute approximate surface area is 118 Å². The van der Waals surface area contributed by atoms with Crippen molar-refractivity contribution in [2.75, 3.05) is 18.9 Å². The number of anilines is 1. The maximum atomic E-state index is 10.5. The van der Waals surface area contributed by atoms with Crippen LogP contribution in [0.25, 0.3) is 11.2 Å². The summed E-state index contributed by atoms with van der Waals surface area (Å²) in [5.41, 5.74) is 4.27. The molecule has 114 valence electrons. The summed E-state index contributed by atoms with van der Waals surface area (Å²) >= 11 is 0. The lowest BCUT2D eigenvalue weighted by Gasteiger charge is -2.29. The van der Waals surface area contributed by atoms with Crippen LogP contribution in [-0.4, -0.2) is 71.0 Å². The molecule has 21 heavy (non-hydrogen) atoms. The molecule has 0 aromatic carbocycles. The predicted molar refractivity (Wildman–Crippen MR) is 68.8 cm³/mol. The van der Waals surface area contributed by atoms with Crippen molar-refractivity contribution in [3.63, 3.8) is 0 Å². The number of aliphatic hydroxyl groups is 4. The van der Waals surface area contributed by atoms with Gasteiger partial charge >= 0.3 is 0 Å². The molecule has 0 saturated carbocycles. The number of fused-ring (bicyclic) bond motifs is 1. The average Bonchev–Trinajstić information content (AvgIpc) is 3.01. The van der Waals surface area contributed by atoms with Gasteiger partial charge in [-0.2, -0.15) is 0 Å². The molecule has 0 aliphatic carbocycles. The molecule has 2 aromatic heterocycles. The van der Waals surface area contributed by atoms with E-state index in [0.717, 1.165) is 0 Å². The Bertz CT molecular complexity index is 663. The number of hydrogen-bond acceptors (Lipinski definition) is 9. The SMILES string of the molecule is Nc1ncnc2c1ncn2[C@@H]1O[C@H](CO)[C@@H](O)[C@]1(O)CO. The maximum absolute atomic E-state index is 10.5. The molecule has 10 nitrogen and oxygen atoms in total. The first-order valence-corrected chi connectivity index (χ1v) is 6.23. The molecule has 1 saturated heterocycles. The number of hydrogen-bond donors (Lipinski definition) is 5. The molecule has 4 atom stereocenters. The van der Waals surface area contributed by atoms with Crippen molar-refractivity contribution >= 4 is 17.0 Å². The molecule has 1 aliphatic heterocycles. The second-order valence-corrected chi connectivity index (χ2v) is 4.89. The molecule has 0 unspecified atom stereocenters. The molecule has 2 aromatic rings. The number of aliphatic hydroxyl groups excluding tert-OH is 3. The fourth-order valence-corrected chi connectivity index (χ4v) is 2.49. The topological polar surface area (TPSA) is 160 Å². The summed E-state index contributed by atoms with van der Waals surface area (Å²) in [4.78, 5) is 11.8. The van der Waals surface area contributed by atoms with E-state index >= 15 is 0 Å². The molecule has 6 N–H and O–H groups in total. The summed E-state index contributed by atoms with van der Waals surface area (Å²) in [5.74, 6) is 0.156. The highest BCUT2D eigenvalue weighted by atomic mass is 16.6. The van der Waals surface area contributed by atoms with Crippen molar-refractivity contribution in [1.29, 1.82) is 0 Å². The molecular formula is C11H15N5O5. The van der Waals surface area contributed by atoms with Gasteiger partial charge in [0.15, 0.2) is 23.3 Å². The van der Waals surface area contributed by atoms with E-state index in [2.05, 4.69) is 15.0 Å². The number of nitrogens with zero attached hydrogens (tertiary/aromatic N) is 4. The van der Waals surface area contributed by atoms with Crippen LogP contribution in [0.1, 0.15) is 6.23 Å². The normalized spacial score (nSPS) is 32.9. The second kappa shape index (κ2) is 4.86. The Morgan fingerprint density at radius 1 is 1.33 bits per heavy atom. The Morgan fingerprint density at radius 3 is 2.76 bits per heavy atom. The summed E-state index contributed by atoms with van der Waals surface area (Å²) < 4.78 is 6.77. The largest absolute Gasteiger partial charge is 0.394 e. The van der Waals surface area contributed by atoms with E-state index < -0.39 is 37.3 Å². The Balaban J connectivity index is 2.11. The van der Waals surface area contributed by atoms with Crippen LogP contribution < -0.4 is 5.73 Å². The van der Waals surface area contributed by atoms with Crippen molar-refractivity contribution in [2.24, 2.45) is 0 Å². The van der Waals surface area contributed by atoms with Crippen molar-refractivity contribution in [1.82, 2.24) is 19.5 Å². The highest BCUT2D eigenvalue weighted by molar-refractivity contribution is 5.81. The molecule has 10 heteroatoms. The number of nitrogens with two attached hydrogens (primary N) is 1. The summed E-state index contributed by atoms with van der Waals surface area (Å²) in [6.07, 6.45) is -1.14. The van der Waals surface area contributed by atoms with Crippen molar-refractivity contribution in [2.45, 2.75) is 24.0 Å². The monoisotopic (exact) mass is 297 g/mol. The van der Waals surface area contributed by atoms with Crippen molar-refractivity contribution < 1.29 is 25.2 Å². The van der Waals surface area contributed by atoms with Gasteiger partial charge in [-0.15, -0.1) is 0 Å². The summed E-state index contributed by atoms with van der Waals surface area (Å²) in [5, 5.41) is 39.1. The smallest absolute Gasteiger partial charge is 0.170 e. The van der Waals surface area contributed by atoms with Crippen LogP contribution in [0.3, 0.4) is 0 Å². The third-order valence-electron chi connectivity index (χ3n) is 3.67. The molecule has 0 radical (unpaired) electrons. The molecule has 0 spiro atoms. The van der Waals surface area contributed by atoms with E-state index in [4.69, 9.17) is 10.5 Å². The quantitative estimate of drug-likeness (QED) is 0.408. The van der Waals surface area contributed by atoms with Gasteiger partial charge in [0, 0.05) is 0 Å². The molecule has 3 heterocycles. The van der Waals surface area contributed by atoms with E-state index in [1.807, 2.05) is 0 Å². The first-order valence-electron chi connectivity index (χ1n) is 6.23. The highest BCUT2D eigenvalue weighted by Gasteiger charge is 2.56. The summed E-state index contributed by atoms with van der Waals surface area (Å²) in [7, 11) is 0. The zero-order chi connectivity index (χ0) is 15.2. The molecule has 1 aliphatic rings. The van der Waals surface area contributed by atoms with Gasteiger partial charge in [0.05, 0.1) is 19.5 Å². The second-order valence-electron chi connectivity index (χ2n) is 4.89. The van der Waals surface area contributed by atoms with E-state index in [9.17, 15) is 20.4 Å². The van der Waals surface area contributed by atoms with Gasteiger partial charge in [-0.25, -0.2) is 15.0 Å². The summed E-state index contributed by atoms with van der Waals surface area (Å²) in [6, 6.07) is 0. The maximum Gasteiger partial charge on any atom is 0.170 e. The third-order valence-corrected chi connectivity index (χ3v) is 3.67. The van der Waals surface area contributed by atoms with E-state index in [1.54, 1.807) is 0 Å². The van der Waals surface area contributed by atoms with E-state index in [1.165, 1.54) is 17.2 Å². The first kappa shape index (κ1) is 14.1. The van der Waals surface area contributed by atoms with Gasteiger partial charge in [-0.1, -0.05) is 0 Å². The number of rotatable bonds is 3. The average molecular weight is 297 g/mol. The van der Waals surface area contributed by atoms with Gasteiger partial charge in [0.2, 0.25) is 0 Å². The lowest BCUT2D eigenvalue weighted by atomic mass is 9.95. The number of ether oxygens (including phenoxy) is 1. The van der Waals surface area contributed by atoms with Crippen LogP contribution in [0.5, 0.6) is 0 Å². The Morgan fingerprint density at radius 2 is 2.10 bits per heavy atom.